The molecular weight excluding hydrogens is 370 g/mol. The molecule has 0 spiro atoms. The van der Waals surface area contributed by atoms with Gasteiger partial charge in [-0.1, -0.05) is 12.1 Å². The molecule has 1 aliphatic rings. The van der Waals surface area contributed by atoms with Crippen LogP contribution in [0.4, 0.5) is 0 Å². The van der Waals surface area contributed by atoms with Crippen molar-refractivity contribution >= 4 is 17.5 Å². The van der Waals surface area contributed by atoms with Crippen molar-refractivity contribution < 1.29 is 14.7 Å². The summed E-state index contributed by atoms with van der Waals surface area (Å²) in [6, 6.07) is 9.00. The van der Waals surface area contributed by atoms with Crippen molar-refractivity contribution in [3.05, 3.63) is 65.1 Å². The number of carboxylic acids is 1. The van der Waals surface area contributed by atoms with Gasteiger partial charge in [0.25, 0.3) is 5.91 Å². The van der Waals surface area contributed by atoms with Crippen molar-refractivity contribution in [3.63, 3.8) is 0 Å². The van der Waals surface area contributed by atoms with E-state index in [0.717, 1.165) is 37.3 Å². The van der Waals surface area contributed by atoms with Crippen LogP contribution in [-0.2, 0) is 6.54 Å². The highest BCUT2D eigenvalue weighted by molar-refractivity contribution is 5.99. The molecule has 1 atom stereocenters. The van der Waals surface area contributed by atoms with E-state index in [1.807, 2.05) is 18.2 Å². The summed E-state index contributed by atoms with van der Waals surface area (Å²) in [4.78, 5) is 31.6. The molecule has 1 amide bonds. The van der Waals surface area contributed by atoms with Crippen LogP contribution in [0, 0.1) is 0 Å². The summed E-state index contributed by atoms with van der Waals surface area (Å²) < 4.78 is 1.78. The Hall–Kier alpha value is -3.26. The van der Waals surface area contributed by atoms with Crippen LogP contribution in [0.1, 0.15) is 44.3 Å². The average molecular weight is 393 g/mol. The van der Waals surface area contributed by atoms with Gasteiger partial charge in [-0.2, -0.15) is 5.10 Å². The van der Waals surface area contributed by atoms with E-state index in [2.05, 4.69) is 15.0 Å². The van der Waals surface area contributed by atoms with Crippen LogP contribution in [0.25, 0.3) is 5.65 Å². The Kier molecular flexibility index (Phi) is 5.02. The van der Waals surface area contributed by atoms with E-state index in [1.54, 1.807) is 43.1 Å². The second-order valence-corrected chi connectivity index (χ2v) is 7.59. The molecule has 1 fully saturated rings. The lowest BCUT2D eigenvalue weighted by atomic mass is 10.0. The molecule has 4 rings (SSSR count). The van der Waals surface area contributed by atoms with E-state index >= 15 is 0 Å². The molecule has 3 heterocycles. The van der Waals surface area contributed by atoms with Gasteiger partial charge in [0.15, 0.2) is 5.65 Å². The molecule has 150 valence electrons. The first-order valence-corrected chi connectivity index (χ1v) is 9.53. The summed E-state index contributed by atoms with van der Waals surface area (Å²) in [5.41, 5.74) is 3.54. The lowest BCUT2D eigenvalue weighted by Gasteiger charge is -2.17. The summed E-state index contributed by atoms with van der Waals surface area (Å²) >= 11 is 0. The summed E-state index contributed by atoms with van der Waals surface area (Å²) in [6.07, 6.45) is 4.32. The average Bonchev–Trinajstić information content (AvgIpc) is 3.34. The van der Waals surface area contributed by atoms with Gasteiger partial charge in [0.2, 0.25) is 0 Å². The third-order valence-corrected chi connectivity index (χ3v) is 5.36. The minimum atomic E-state index is -0.911. The van der Waals surface area contributed by atoms with Crippen LogP contribution < -0.4 is 0 Å². The Morgan fingerprint density at radius 3 is 2.66 bits per heavy atom. The van der Waals surface area contributed by atoms with Gasteiger partial charge in [-0.05, 0) is 36.7 Å². The first kappa shape index (κ1) is 19.1. The van der Waals surface area contributed by atoms with E-state index in [1.165, 1.54) is 4.90 Å². The maximum Gasteiger partial charge on any atom is 0.335 e. The minimum Gasteiger partial charge on any atom is -0.478 e. The van der Waals surface area contributed by atoms with E-state index in [9.17, 15) is 9.59 Å². The molecule has 29 heavy (non-hydrogen) atoms. The highest BCUT2D eigenvalue weighted by Gasteiger charge is 2.27. The number of amides is 1. The molecule has 0 aliphatic carbocycles. The van der Waals surface area contributed by atoms with Gasteiger partial charge in [0, 0.05) is 39.3 Å². The maximum atomic E-state index is 12.4. The molecule has 8 heteroatoms. The van der Waals surface area contributed by atoms with Crippen LogP contribution in [0.5, 0.6) is 0 Å². The molecule has 1 aromatic carbocycles. The predicted molar refractivity (Wildman–Crippen MR) is 107 cm³/mol. The predicted octanol–water partition coefficient (Wildman–Crippen LogP) is 2.12. The zero-order valence-corrected chi connectivity index (χ0v) is 16.4. The Labute approximate surface area is 168 Å². The summed E-state index contributed by atoms with van der Waals surface area (Å²) in [5, 5.41) is 13.5. The Balaban J connectivity index is 1.51. The van der Waals surface area contributed by atoms with Gasteiger partial charge in [0.05, 0.1) is 17.5 Å². The van der Waals surface area contributed by atoms with Crippen molar-refractivity contribution in [1.29, 1.82) is 0 Å². The highest BCUT2D eigenvalue weighted by atomic mass is 16.4. The van der Waals surface area contributed by atoms with Crippen LogP contribution in [0.15, 0.2) is 42.7 Å². The lowest BCUT2D eigenvalue weighted by Crippen LogP contribution is -2.22. The van der Waals surface area contributed by atoms with Gasteiger partial charge in [-0.3, -0.25) is 9.69 Å². The number of aromatic nitrogens is 3. The Bertz CT molecular complexity index is 1060. The summed E-state index contributed by atoms with van der Waals surface area (Å²) in [6.45, 7) is 2.59. The third kappa shape index (κ3) is 3.71. The minimum absolute atomic E-state index is 0.109. The highest BCUT2D eigenvalue weighted by Crippen LogP contribution is 2.28. The van der Waals surface area contributed by atoms with Crippen LogP contribution in [-0.4, -0.2) is 68.6 Å². The Morgan fingerprint density at radius 1 is 1.21 bits per heavy atom. The number of hydrogen-bond donors (Lipinski definition) is 1. The van der Waals surface area contributed by atoms with Gasteiger partial charge >= 0.3 is 5.97 Å². The van der Waals surface area contributed by atoms with Gasteiger partial charge < -0.3 is 10.0 Å². The van der Waals surface area contributed by atoms with Crippen molar-refractivity contribution in [2.75, 3.05) is 27.2 Å². The van der Waals surface area contributed by atoms with Crippen molar-refractivity contribution in [2.24, 2.45) is 0 Å². The molecule has 0 saturated carbocycles. The zero-order valence-electron chi connectivity index (χ0n) is 16.4. The van der Waals surface area contributed by atoms with Crippen molar-refractivity contribution in [2.45, 2.75) is 18.9 Å². The Morgan fingerprint density at radius 2 is 1.97 bits per heavy atom. The third-order valence-electron chi connectivity index (χ3n) is 5.36. The van der Waals surface area contributed by atoms with Gasteiger partial charge in [-0.15, -0.1) is 0 Å². The molecule has 8 nitrogen and oxygen atoms in total. The number of aromatic carboxylic acids is 1. The van der Waals surface area contributed by atoms with Crippen molar-refractivity contribution in [1.82, 2.24) is 24.4 Å². The molecule has 0 radical (unpaired) electrons. The zero-order chi connectivity index (χ0) is 20.5. The molecule has 1 saturated heterocycles. The second kappa shape index (κ2) is 7.63. The topological polar surface area (TPSA) is 91.0 Å². The van der Waals surface area contributed by atoms with E-state index in [4.69, 9.17) is 5.11 Å². The summed E-state index contributed by atoms with van der Waals surface area (Å²) in [7, 11) is 3.43. The number of carbonyl (C=O) groups is 2. The number of fused-ring (bicyclic) bond motifs is 1. The number of likely N-dealkylation sites (tertiary alicyclic amines) is 1. The summed E-state index contributed by atoms with van der Waals surface area (Å²) in [5.74, 6) is -0.727. The van der Waals surface area contributed by atoms with E-state index in [0.29, 0.717) is 22.7 Å². The number of carboxylic acid groups (broad SMARTS) is 1. The number of rotatable bonds is 5. The normalized spacial score (nSPS) is 17.0. The fraction of sp³-hybridized carbons (Fsp3) is 0.333. The molecular formula is C21H23N5O3. The number of carbonyl (C=O) groups excluding carboxylic acids is 1. The maximum absolute atomic E-state index is 12.4. The van der Waals surface area contributed by atoms with Crippen molar-refractivity contribution in [3.8, 4) is 0 Å². The lowest BCUT2D eigenvalue weighted by molar-refractivity contribution is 0.0696. The molecule has 1 aliphatic heterocycles. The first-order chi connectivity index (χ1) is 13.9. The van der Waals surface area contributed by atoms with Gasteiger partial charge in [-0.25, -0.2) is 14.3 Å². The monoisotopic (exact) mass is 393 g/mol. The fourth-order valence-corrected chi connectivity index (χ4v) is 3.84. The molecule has 0 bridgehead atoms. The largest absolute Gasteiger partial charge is 0.478 e. The van der Waals surface area contributed by atoms with E-state index in [-0.39, 0.29) is 5.91 Å². The molecule has 1 N–H and O–H groups in total. The fourth-order valence-electron chi connectivity index (χ4n) is 3.84. The van der Waals surface area contributed by atoms with Crippen LogP contribution in [0.2, 0.25) is 0 Å². The SMILES string of the molecule is CN(C)C(=O)c1cnn2c(C3CCN(Cc4ccc(C(=O)O)cc4)C3)ccnc12. The molecule has 3 aromatic rings. The number of benzene rings is 1. The quantitative estimate of drug-likeness (QED) is 0.714. The molecule has 2 aromatic heterocycles. The first-order valence-electron chi connectivity index (χ1n) is 9.53. The smallest absolute Gasteiger partial charge is 0.335 e. The standard InChI is InChI=1S/C21H23N5O3/c1-24(2)20(27)17-11-23-26-18(7-9-22-19(17)26)16-8-10-25(13-16)12-14-3-5-15(6-4-14)21(28)29/h3-7,9,11,16H,8,10,12-13H2,1-2H3,(H,28,29). The second-order valence-electron chi connectivity index (χ2n) is 7.59. The molecule has 1 unspecified atom stereocenters. The van der Waals surface area contributed by atoms with Crippen LogP contribution >= 0.6 is 0 Å². The number of hydrogen-bond acceptors (Lipinski definition) is 5. The van der Waals surface area contributed by atoms with Crippen LogP contribution in [0.3, 0.4) is 0 Å². The van der Waals surface area contributed by atoms with E-state index < -0.39 is 5.97 Å². The van der Waals surface area contributed by atoms with Gasteiger partial charge in [0.1, 0.15) is 5.56 Å². The number of nitrogens with zero attached hydrogens (tertiary/aromatic N) is 5.